The Balaban J connectivity index is 1.63. The first-order valence-electron chi connectivity index (χ1n) is 6.41. The zero-order chi connectivity index (χ0) is 13.9. The van der Waals surface area contributed by atoms with E-state index in [9.17, 15) is 9.59 Å². The Morgan fingerprint density at radius 3 is 3.10 bits per heavy atom. The second-order valence-corrected chi connectivity index (χ2v) is 4.72. The highest BCUT2D eigenvalue weighted by atomic mass is 16.5. The standard InChI is InChI=1S/C13H14N4O3/c18-12-2-1-9(5-14-12)13(19)16-10-6-15-17(7-10)11-3-4-20-8-11/h1-2,5-7,9,11H,3-4,8H2,(H,16,19). The molecule has 2 atom stereocenters. The zero-order valence-electron chi connectivity index (χ0n) is 10.7. The molecule has 2 aliphatic rings. The average Bonchev–Trinajstić information content (AvgIpc) is 3.09. The van der Waals surface area contributed by atoms with Crippen LogP contribution in [0.25, 0.3) is 0 Å². The summed E-state index contributed by atoms with van der Waals surface area (Å²) in [6.45, 7) is 1.39. The molecular formula is C13H14N4O3. The number of hydrogen-bond donors (Lipinski definition) is 1. The molecule has 2 aliphatic heterocycles. The number of rotatable bonds is 3. The van der Waals surface area contributed by atoms with Gasteiger partial charge in [0.1, 0.15) is 0 Å². The number of nitrogens with zero attached hydrogens (tertiary/aromatic N) is 3. The van der Waals surface area contributed by atoms with Crippen LogP contribution in [0.15, 0.2) is 29.5 Å². The van der Waals surface area contributed by atoms with Crippen LogP contribution in [0.1, 0.15) is 12.5 Å². The molecule has 2 amide bonds. The van der Waals surface area contributed by atoms with E-state index in [0.29, 0.717) is 12.3 Å². The molecule has 104 valence electrons. The van der Waals surface area contributed by atoms with E-state index >= 15 is 0 Å². The van der Waals surface area contributed by atoms with Crippen LogP contribution in [0.4, 0.5) is 5.69 Å². The number of nitrogens with one attached hydrogen (secondary N) is 1. The third-order valence-corrected chi connectivity index (χ3v) is 3.26. The van der Waals surface area contributed by atoms with E-state index in [2.05, 4.69) is 15.4 Å². The van der Waals surface area contributed by atoms with Crippen molar-refractivity contribution < 1.29 is 14.3 Å². The van der Waals surface area contributed by atoms with Crippen molar-refractivity contribution in [2.45, 2.75) is 12.5 Å². The van der Waals surface area contributed by atoms with E-state index in [1.807, 2.05) is 0 Å². The molecule has 1 aromatic heterocycles. The van der Waals surface area contributed by atoms with E-state index in [1.54, 1.807) is 17.1 Å². The maximum absolute atomic E-state index is 12.0. The van der Waals surface area contributed by atoms with Crippen LogP contribution in [0.5, 0.6) is 0 Å². The van der Waals surface area contributed by atoms with Gasteiger partial charge in [-0.15, -0.1) is 0 Å². The van der Waals surface area contributed by atoms with Gasteiger partial charge in [0, 0.05) is 25.1 Å². The molecule has 0 spiro atoms. The summed E-state index contributed by atoms with van der Waals surface area (Å²) >= 11 is 0. The maximum Gasteiger partial charge on any atom is 0.269 e. The molecule has 2 unspecified atom stereocenters. The smallest absolute Gasteiger partial charge is 0.269 e. The van der Waals surface area contributed by atoms with Crippen LogP contribution in [0.3, 0.4) is 0 Å². The topological polar surface area (TPSA) is 85.6 Å². The van der Waals surface area contributed by atoms with Crippen molar-refractivity contribution in [1.82, 2.24) is 9.78 Å². The number of carbonyl (C=O) groups is 2. The Bertz CT molecular complexity index is 568. The maximum atomic E-state index is 12.0. The number of amides is 2. The number of dihydropyridines is 1. The van der Waals surface area contributed by atoms with Crippen LogP contribution in [0, 0.1) is 5.92 Å². The molecule has 1 N–H and O–H groups in total. The van der Waals surface area contributed by atoms with E-state index in [4.69, 9.17) is 4.74 Å². The highest BCUT2D eigenvalue weighted by molar-refractivity contribution is 6.09. The number of aromatic nitrogens is 2. The lowest BCUT2D eigenvalue weighted by atomic mass is 10.1. The zero-order valence-corrected chi connectivity index (χ0v) is 10.7. The molecule has 0 bridgehead atoms. The van der Waals surface area contributed by atoms with Gasteiger partial charge in [-0.2, -0.15) is 5.10 Å². The minimum Gasteiger partial charge on any atom is -0.379 e. The summed E-state index contributed by atoms with van der Waals surface area (Å²) in [5.74, 6) is -1.10. The molecule has 3 rings (SSSR count). The predicted octanol–water partition coefficient (Wildman–Crippen LogP) is 0.566. The first kappa shape index (κ1) is 12.7. The third kappa shape index (κ3) is 2.67. The molecule has 7 heteroatoms. The minimum absolute atomic E-state index is 0.231. The first-order chi connectivity index (χ1) is 9.72. The monoisotopic (exact) mass is 274 g/mol. The molecule has 1 fully saturated rings. The van der Waals surface area contributed by atoms with Gasteiger partial charge in [-0.1, -0.05) is 6.08 Å². The van der Waals surface area contributed by atoms with Crippen molar-refractivity contribution in [2.24, 2.45) is 10.9 Å². The number of ether oxygens (including phenoxy) is 1. The van der Waals surface area contributed by atoms with Crippen molar-refractivity contribution in [3.63, 3.8) is 0 Å². The molecule has 1 saturated heterocycles. The lowest BCUT2D eigenvalue weighted by Crippen LogP contribution is -2.24. The lowest BCUT2D eigenvalue weighted by Gasteiger charge is -2.09. The molecule has 0 aliphatic carbocycles. The van der Waals surface area contributed by atoms with Crippen molar-refractivity contribution in [1.29, 1.82) is 0 Å². The highest BCUT2D eigenvalue weighted by Gasteiger charge is 2.20. The molecule has 7 nitrogen and oxygen atoms in total. The summed E-state index contributed by atoms with van der Waals surface area (Å²) in [4.78, 5) is 26.5. The summed E-state index contributed by atoms with van der Waals surface area (Å²) in [5.41, 5.74) is 0.626. The molecule has 0 saturated carbocycles. The fourth-order valence-corrected chi connectivity index (χ4v) is 2.15. The van der Waals surface area contributed by atoms with Gasteiger partial charge in [0.25, 0.3) is 5.91 Å². The second-order valence-electron chi connectivity index (χ2n) is 4.72. The Morgan fingerprint density at radius 2 is 2.40 bits per heavy atom. The molecule has 20 heavy (non-hydrogen) atoms. The van der Waals surface area contributed by atoms with Crippen molar-refractivity contribution >= 4 is 23.7 Å². The van der Waals surface area contributed by atoms with Gasteiger partial charge >= 0.3 is 0 Å². The number of carbonyl (C=O) groups excluding carboxylic acids is 2. The fraction of sp³-hybridized carbons (Fsp3) is 0.385. The third-order valence-electron chi connectivity index (χ3n) is 3.26. The van der Waals surface area contributed by atoms with Crippen molar-refractivity contribution in [3.8, 4) is 0 Å². The van der Waals surface area contributed by atoms with Crippen molar-refractivity contribution in [2.75, 3.05) is 18.5 Å². The predicted molar refractivity (Wildman–Crippen MR) is 71.5 cm³/mol. The second kappa shape index (κ2) is 5.38. The largest absolute Gasteiger partial charge is 0.379 e. The fourth-order valence-electron chi connectivity index (χ4n) is 2.15. The Labute approximate surface area is 115 Å². The van der Waals surface area contributed by atoms with E-state index < -0.39 is 5.92 Å². The molecule has 0 aromatic carbocycles. The molecule has 0 radical (unpaired) electrons. The van der Waals surface area contributed by atoms with Crippen LogP contribution >= 0.6 is 0 Å². The number of aliphatic imine (C=N–C) groups is 1. The van der Waals surface area contributed by atoms with Crippen LogP contribution in [0.2, 0.25) is 0 Å². The van der Waals surface area contributed by atoms with Gasteiger partial charge < -0.3 is 10.1 Å². The quantitative estimate of drug-likeness (QED) is 0.873. The van der Waals surface area contributed by atoms with Crippen LogP contribution < -0.4 is 5.32 Å². The van der Waals surface area contributed by atoms with E-state index in [-0.39, 0.29) is 17.9 Å². The van der Waals surface area contributed by atoms with Gasteiger partial charge in [0.2, 0.25) is 5.91 Å². The Morgan fingerprint density at radius 1 is 1.50 bits per heavy atom. The first-order valence-corrected chi connectivity index (χ1v) is 6.41. The van der Waals surface area contributed by atoms with Gasteiger partial charge in [0.15, 0.2) is 0 Å². The van der Waals surface area contributed by atoms with Gasteiger partial charge in [-0.25, -0.2) is 4.99 Å². The Kier molecular flexibility index (Phi) is 3.42. The van der Waals surface area contributed by atoms with Gasteiger partial charge in [0.05, 0.1) is 30.5 Å². The molecular weight excluding hydrogens is 260 g/mol. The van der Waals surface area contributed by atoms with Crippen LogP contribution in [-0.2, 0) is 14.3 Å². The summed E-state index contributed by atoms with van der Waals surface area (Å²) in [6.07, 6.45) is 8.47. The van der Waals surface area contributed by atoms with Crippen molar-refractivity contribution in [3.05, 3.63) is 24.5 Å². The average molecular weight is 274 g/mol. The summed E-state index contributed by atoms with van der Waals surface area (Å²) in [7, 11) is 0. The molecule has 1 aromatic rings. The normalized spacial score (nSPS) is 25.1. The van der Waals surface area contributed by atoms with E-state index in [0.717, 1.165) is 13.0 Å². The highest BCUT2D eigenvalue weighted by Crippen LogP contribution is 2.20. The number of hydrogen-bond acceptors (Lipinski definition) is 4. The Hall–Kier alpha value is -2.28. The SMILES string of the molecule is O=C1C=CC(C(=O)Nc2cnn(C3CCOC3)c2)C=N1. The van der Waals surface area contributed by atoms with Gasteiger partial charge in [-0.3, -0.25) is 14.3 Å². The van der Waals surface area contributed by atoms with Crippen LogP contribution in [-0.4, -0.2) is 41.0 Å². The lowest BCUT2D eigenvalue weighted by molar-refractivity contribution is -0.117. The summed E-state index contributed by atoms with van der Waals surface area (Å²) in [6, 6.07) is 0.231. The molecule has 3 heterocycles. The van der Waals surface area contributed by atoms with E-state index in [1.165, 1.54) is 18.4 Å². The summed E-state index contributed by atoms with van der Waals surface area (Å²) in [5, 5.41) is 6.98. The summed E-state index contributed by atoms with van der Waals surface area (Å²) < 4.78 is 7.10. The van der Waals surface area contributed by atoms with Gasteiger partial charge in [-0.05, 0) is 6.42 Å². The number of anilines is 1. The minimum atomic E-state index is -0.522.